The van der Waals surface area contributed by atoms with Gasteiger partial charge in [0.1, 0.15) is 12.1 Å². The SMILES string of the molecule is C.CCC(=O)OC.CN1CCN(C(=O)CNC(=O)OC(C)(C)C)CC1.CNCCN(C)C. The lowest BCUT2D eigenvalue weighted by Gasteiger charge is -2.32. The van der Waals surface area contributed by atoms with Gasteiger partial charge in [-0.2, -0.15) is 0 Å². The molecule has 1 saturated heterocycles. The monoisotopic (exact) mass is 463 g/mol. The molecule has 1 heterocycles. The van der Waals surface area contributed by atoms with E-state index >= 15 is 0 Å². The normalized spacial score (nSPS) is 13.5. The average Bonchev–Trinajstić information content (AvgIpc) is 2.70. The number of hydrogen-bond donors (Lipinski definition) is 2. The molecule has 0 atom stereocenters. The van der Waals surface area contributed by atoms with Gasteiger partial charge >= 0.3 is 12.1 Å². The molecular formula is C22H49N5O5. The second kappa shape index (κ2) is 19.8. The fourth-order valence-electron chi connectivity index (χ4n) is 2.11. The molecule has 0 spiro atoms. The van der Waals surface area contributed by atoms with Crippen LogP contribution in [-0.2, 0) is 19.1 Å². The number of likely N-dealkylation sites (N-methyl/N-ethyl adjacent to an activating group) is 3. The van der Waals surface area contributed by atoms with Crippen molar-refractivity contribution in [3.63, 3.8) is 0 Å². The Morgan fingerprint density at radius 2 is 1.59 bits per heavy atom. The largest absolute Gasteiger partial charge is 0.469 e. The number of methoxy groups -OCH3 is 1. The topological polar surface area (TPSA) is 103 Å². The quantitative estimate of drug-likeness (QED) is 0.568. The maximum Gasteiger partial charge on any atom is 0.408 e. The molecule has 0 unspecified atom stereocenters. The van der Waals surface area contributed by atoms with Crippen LogP contribution in [0, 0.1) is 0 Å². The van der Waals surface area contributed by atoms with Crippen LogP contribution in [0.1, 0.15) is 41.5 Å². The summed E-state index contributed by atoms with van der Waals surface area (Å²) in [6.45, 7) is 12.5. The predicted octanol–water partition coefficient (Wildman–Crippen LogP) is 1.26. The van der Waals surface area contributed by atoms with Crippen LogP contribution in [0.25, 0.3) is 0 Å². The molecule has 0 aromatic rings. The van der Waals surface area contributed by atoms with E-state index in [0.29, 0.717) is 19.5 Å². The Morgan fingerprint density at radius 1 is 1.06 bits per heavy atom. The molecule has 32 heavy (non-hydrogen) atoms. The lowest BCUT2D eigenvalue weighted by Crippen LogP contribution is -2.50. The number of nitrogens with zero attached hydrogens (tertiary/aromatic N) is 3. The van der Waals surface area contributed by atoms with Crippen molar-refractivity contribution in [2.24, 2.45) is 0 Å². The zero-order valence-electron chi connectivity index (χ0n) is 21.0. The van der Waals surface area contributed by atoms with Crippen molar-refractivity contribution < 1.29 is 23.9 Å². The number of amides is 2. The third-order valence-electron chi connectivity index (χ3n) is 3.96. The van der Waals surface area contributed by atoms with Crippen molar-refractivity contribution in [3.8, 4) is 0 Å². The van der Waals surface area contributed by atoms with Gasteiger partial charge in [-0.1, -0.05) is 14.4 Å². The van der Waals surface area contributed by atoms with Gasteiger partial charge in [-0.25, -0.2) is 4.79 Å². The number of nitrogens with one attached hydrogen (secondary N) is 2. The number of piperazine rings is 1. The molecule has 10 nitrogen and oxygen atoms in total. The number of rotatable bonds is 6. The van der Waals surface area contributed by atoms with Crippen LogP contribution in [0.5, 0.6) is 0 Å². The van der Waals surface area contributed by atoms with Crippen LogP contribution in [0.3, 0.4) is 0 Å². The van der Waals surface area contributed by atoms with Crippen LogP contribution >= 0.6 is 0 Å². The summed E-state index contributed by atoms with van der Waals surface area (Å²) in [5, 5.41) is 5.54. The van der Waals surface area contributed by atoms with Crippen molar-refractivity contribution in [3.05, 3.63) is 0 Å². The highest BCUT2D eigenvalue weighted by molar-refractivity contribution is 5.82. The Hall–Kier alpha value is -1.91. The molecular weight excluding hydrogens is 414 g/mol. The average molecular weight is 464 g/mol. The lowest BCUT2D eigenvalue weighted by molar-refractivity contribution is -0.140. The Balaban J connectivity index is -0.000000498. The molecule has 0 aliphatic carbocycles. The molecule has 0 bridgehead atoms. The summed E-state index contributed by atoms with van der Waals surface area (Å²) >= 11 is 0. The summed E-state index contributed by atoms with van der Waals surface area (Å²) in [6, 6.07) is 0. The first kappa shape index (κ1) is 34.7. The molecule has 0 aromatic carbocycles. The summed E-state index contributed by atoms with van der Waals surface area (Å²) in [6.07, 6.45) is -0.0822. The summed E-state index contributed by atoms with van der Waals surface area (Å²) < 4.78 is 9.32. The van der Waals surface area contributed by atoms with E-state index in [4.69, 9.17) is 4.74 Å². The summed E-state index contributed by atoms with van der Waals surface area (Å²) in [4.78, 5) is 39.2. The van der Waals surface area contributed by atoms with Crippen LogP contribution < -0.4 is 10.6 Å². The van der Waals surface area contributed by atoms with Crippen molar-refractivity contribution in [2.75, 3.05) is 81.1 Å². The smallest absolute Gasteiger partial charge is 0.408 e. The number of ether oxygens (including phenoxy) is 2. The van der Waals surface area contributed by atoms with E-state index in [0.717, 1.165) is 26.2 Å². The molecule has 0 radical (unpaired) electrons. The predicted molar refractivity (Wildman–Crippen MR) is 130 cm³/mol. The Bertz CT molecular complexity index is 495. The van der Waals surface area contributed by atoms with Gasteiger partial charge < -0.3 is 34.8 Å². The number of alkyl carbamates (subject to hydrolysis) is 1. The molecule has 1 rings (SSSR count). The van der Waals surface area contributed by atoms with Crippen molar-refractivity contribution in [1.29, 1.82) is 0 Å². The molecule has 2 amide bonds. The van der Waals surface area contributed by atoms with Crippen LogP contribution in [0.15, 0.2) is 0 Å². The van der Waals surface area contributed by atoms with Gasteiger partial charge in [0.05, 0.1) is 7.11 Å². The fraction of sp³-hybridized carbons (Fsp3) is 0.864. The highest BCUT2D eigenvalue weighted by atomic mass is 16.6. The first-order valence-electron chi connectivity index (χ1n) is 10.7. The van der Waals surface area contributed by atoms with Gasteiger partial charge in [-0.05, 0) is 49.0 Å². The van der Waals surface area contributed by atoms with E-state index in [2.05, 4.69) is 39.3 Å². The first-order valence-corrected chi connectivity index (χ1v) is 10.7. The Kier molecular flexibility index (Phi) is 21.4. The van der Waals surface area contributed by atoms with Crippen LogP contribution in [-0.4, -0.2) is 119 Å². The molecule has 192 valence electrons. The van der Waals surface area contributed by atoms with Gasteiger partial charge in [0.15, 0.2) is 0 Å². The van der Waals surface area contributed by atoms with Crippen molar-refractivity contribution in [1.82, 2.24) is 25.3 Å². The third-order valence-corrected chi connectivity index (χ3v) is 3.96. The minimum atomic E-state index is -0.551. The molecule has 1 aliphatic heterocycles. The first-order chi connectivity index (χ1) is 14.4. The molecule has 1 aliphatic rings. The molecule has 10 heteroatoms. The number of carbonyl (C=O) groups is 3. The van der Waals surface area contributed by atoms with E-state index < -0.39 is 11.7 Å². The lowest BCUT2D eigenvalue weighted by atomic mass is 10.2. The van der Waals surface area contributed by atoms with Gasteiger partial charge in [0.25, 0.3) is 0 Å². The highest BCUT2D eigenvalue weighted by Crippen LogP contribution is 2.06. The van der Waals surface area contributed by atoms with E-state index in [1.807, 2.05) is 14.1 Å². The van der Waals surface area contributed by atoms with Crippen LogP contribution in [0.2, 0.25) is 0 Å². The molecule has 0 saturated carbocycles. The highest BCUT2D eigenvalue weighted by Gasteiger charge is 2.21. The Morgan fingerprint density at radius 3 is 1.91 bits per heavy atom. The van der Waals surface area contributed by atoms with Gasteiger partial charge in [0, 0.05) is 45.7 Å². The van der Waals surface area contributed by atoms with Gasteiger partial charge in [-0.3, -0.25) is 9.59 Å². The molecule has 1 fully saturated rings. The van der Waals surface area contributed by atoms with Crippen LogP contribution in [0.4, 0.5) is 4.79 Å². The Labute approximate surface area is 196 Å². The summed E-state index contributed by atoms with van der Waals surface area (Å²) in [7, 11) is 9.50. The molecule has 2 N–H and O–H groups in total. The number of esters is 1. The third kappa shape index (κ3) is 22.8. The van der Waals surface area contributed by atoms with E-state index in [-0.39, 0.29) is 25.8 Å². The maximum atomic E-state index is 11.8. The zero-order valence-corrected chi connectivity index (χ0v) is 21.0. The van der Waals surface area contributed by atoms with Gasteiger partial charge in [-0.15, -0.1) is 0 Å². The fourth-order valence-corrected chi connectivity index (χ4v) is 2.11. The number of hydrogen-bond acceptors (Lipinski definition) is 8. The van der Waals surface area contributed by atoms with E-state index in [1.54, 1.807) is 32.6 Å². The second-order valence-electron chi connectivity index (χ2n) is 8.38. The zero-order chi connectivity index (χ0) is 24.4. The molecule has 0 aromatic heterocycles. The van der Waals surface area contributed by atoms with Gasteiger partial charge in [0.2, 0.25) is 5.91 Å². The summed E-state index contributed by atoms with van der Waals surface area (Å²) in [5.74, 6) is -0.219. The maximum absolute atomic E-state index is 11.8. The van der Waals surface area contributed by atoms with E-state index in [9.17, 15) is 14.4 Å². The standard InChI is InChI=1S/C12H23N3O3.C5H14N2.C4H8O2.CH4/c1-12(2,3)18-11(17)13-9-10(16)15-7-5-14(4)6-8-15;1-6-4-5-7(2)3;1-3-4(5)6-2;/h5-9H2,1-4H3,(H,13,17);6H,4-5H2,1-3H3;3H2,1-2H3;1H4. The van der Waals surface area contributed by atoms with E-state index in [1.165, 1.54) is 7.11 Å². The minimum Gasteiger partial charge on any atom is -0.469 e. The van der Waals surface area contributed by atoms with Crippen molar-refractivity contribution >= 4 is 18.0 Å². The minimum absolute atomic E-state index is 0. The number of carbonyl (C=O) groups excluding carboxylic acids is 3. The summed E-state index contributed by atoms with van der Waals surface area (Å²) in [5.41, 5.74) is -0.541. The van der Waals surface area contributed by atoms with Crippen molar-refractivity contribution in [2.45, 2.75) is 47.1 Å². The second-order valence-corrected chi connectivity index (χ2v) is 8.38.